The molecule has 1 aromatic carbocycles. The van der Waals surface area contributed by atoms with Crippen molar-refractivity contribution in [2.75, 3.05) is 30.7 Å². The maximum Gasteiger partial charge on any atom is 0.420 e. The van der Waals surface area contributed by atoms with Gasteiger partial charge < -0.3 is 15.5 Å². The van der Waals surface area contributed by atoms with Crippen molar-refractivity contribution >= 4 is 38.7 Å². The van der Waals surface area contributed by atoms with E-state index in [4.69, 9.17) is 0 Å². The van der Waals surface area contributed by atoms with Gasteiger partial charge >= 0.3 is 12.4 Å². The molecule has 16 heteroatoms. The summed E-state index contributed by atoms with van der Waals surface area (Å²) in [6.07, 6.45) is -7.84. The highest BCUT2D eigenvalue weighted by Crippen LogP contribution is 2.42. The number of hydrogen-bond acceptors (Lipinski definition) is 8. The molecule has 0 atom stereocenters. The van der Waals surface area contributed by atoms with Gasteiger partial charge in [0.15, 0.2) is 9.84 Å². The first-order valence-electron chi connectivity index (χ1n) is 12.5. The summed E-state index contributed by atoms with van der Waals surface area (Å²) in [4.78, 5) is 19.6. The first-order valence-corrected chi connectivity index (χ1v) is 14.9. The Morgan fingerprint density at radius 1 is 1.12 bits per heavy atom. The molecule has 2 aromatic heterocycles. The molecule has 2 aliphatic rings. The number of rotatable bonds is 5. The minimum Gasteiger partial charge on any atom is -0.328 e. The Balaban J connectivity index is 1.59. The van der Waals surface area contributed by atoms with Gasteiger partial charge in [0.25, 0.3) is 5.91 Å². The standard InChI is InChI=1S/C25H23F6N5O3S2/c1-2-13-7-15-10-32-4-3-14(15)8-17(13)34-23-33-11-16(25(29,30)31)20(35-23)18-9-19-21(40-18)22(37)36(12-24(26,27)28)5-6-41(19,38)39/h7-9,11,32H,2-6,10,12H2,1H3,(H,33,34,35). The van der Waals surface area contributed by atoms with Crippen molar-refractivity contribution in [1.82, 2.24) is 20.2 Å². The van der Waals surface area contributed by atoms with E-state index < -0.39 is 68.0 Å². The minimum atomic E-state index is -4.95. The molecule has 0 bridgehead atoms. The number of alkyl halides is 6. The van der Waals surface area contributed by atoms with Gasteiger partial charge in [-0.15, -0.1) is 11.3 Å². The Morgan fingerprint density at radius 3 is 2.56 bits per heavy atom. The lowest BCUT2D eigenvalue weighted by Crippen LogP contribution is -2.39. The van der Waals surface area contributed by atoms with Gasteiger partial charge in [-0.25, -0.2) is 18.4 Å². The molecule has 5 rings (SSSR count). The molecule has 0 unspecified atom stereocenters. The van der Waals surface area contributed by atoms with Crippen molar-refractivity contribution in [1.29, 1.82) is 0 Å². The molecule has 0 spiro atoms. The van der Waals surface area contributed by atoms with Gasteiger partial charge in [-0.1, -0.05) is 13.0 Å². The highest BCUT2D eigenvalue weighted by atomic mass is 32.2. The highest BCUT2D eigenvalue weighted by molar-refractivity contribution is 7.91. The number of amides is 1. The first kappa shape index (κ1) is 29.3. The zero-order valence-corrected chi connectivity index (χ0v) is 23.0. The molecule has 2 N–H and O–H groups in total. The zero-order chi connectivity index (χ0) is 29.7. The number of benzene rings is 1. The van der Waals surface area contributed by atoms with E-state index >= 15 is 0 Å². The van der Waals surface area contributed by atoms with E-state index in [9.17, 15) is 39.6 Å². The fourth-order valence-corrected chi connectivity index (χ4v) is 7.73. The molecule has 0 saturated heterocycles. The Bertz CT molecular complexity index is 1620. The van der Waals surface area contributed by atoms with Crippen LogP contribution in [0.4, 0.5) is 38.0 Å². The van der Waals surface area contributed by atoms with Crippen molar-refractivity contribution in [2.24, 2.45) is 0 Å². The molecule has 220 valence electrons. The second kappa shape index (κ2) is 10.5. The van der Waals surface area contributed by atoms with E-state index in [0.29, 0.717) is 41.1 Å². The molecular formula is C25H23F6N5O3S2. The highest BCUT2D eigenvalue weighted by Gasteiger charge is 2.41. The van der Waals surface area contributed by atoms with Crippen molar-refractivity contribution in [3.63, 3.8) is 0 Å². The molecule has 0 fully saturated rings. The molecule has 1 amide bonds. The SMILES string of the molecule is CCc1cc2c(cc1Nc1ncc(C(F)(F)F)c(-c3cc4c(s3)C(=O)N(CC(F)(F)F)CCS4(=O)=O)n1)CCNC2. The molecule has 3 aromatic rings. The van der Waals surface area contributed by atoms with E-state index in [1.807, 2.05) is 19.1 Å². The predicted molar refractivity (Wildman–Crippen MR) is 139 cm³/mol. The van der Waals surface area contributed by atoms with Crippen LogP contribution in [0, 0.1) is 0 Å². The van der Waals surface area contributed by atoms with Crippen LogP contribution in [0.5, 0.6) is 0 Å². The van der Waals surface area contributed by atoms with Crippen LogP contribution in [0.3, 0.4) is 0 Å². The number of sulfone groups is 1. The Labute approximate surface area is 234 Å². The van der Waals surface area contributed by atoms with Gasteiger partial charge in [0, 0.05) is 25.0 Å². The van der Waals surface area contributed by atoms with Crippen LogP contribution < -0.4 is 10.6 Å². The summed E-state index contributed by atoms with van der Waals surface area (Å²) in [5.74, 6) is -2.24. The van der Waals surface area contributed by atoms with Crippen LogP contribution in [0.2, 0.25) is 0 Å². The molecular weight excluding hydrogens is 596 g/mol. The summed E-state index contributed by atoms with van der Waals surface area (Å²) < 4.78 is 107. The Hall–Kier alpha value is -3.24. The second-order valence-corrected chi connectivity index (χ2v) is 12.7. The third-order valence-electron chi connectivity index (χ3n) is 6.78. The molecule has 0 radical (unpaired) electrons. The number of anilines is 2. The van der Waals surface area contributed by atoms with Gasteiger partial charge in [0.05, 0.1) is 21.2 Å². The van der Waals surface area contributed by atoms with Crippen LogP contribution in [0.15, 0.2) is 29.3 Å². The number of carbonyl (C=O) groups excluding carboxylic acids is 1. The van der Waals surface area contributed by atoms with E-state index in [-0.39, 0.29) is 10.8 Å². The van der Waals surface area contributed by atoms with Crippen molar-refractivity contribution < 1.29 is 39.6 Å². The Kier molecular flexibility index (Phi) is 7.53. The summed E-state index contributed by atoms with van der Waals surface area (Å²) in [7, 11) is -4.28. The lowest BCUT2D eigenvalue weighted by molar-refractivity contribution is -0.140. The summed E-state index contributed by atoms with van der Waals surface area (Å²) in [5.41, 5.74) is 1.66. The summed E-state index contributed by atoms with van der Waals surface area (Å²) >= 11 is 0.351. The number of nitrogens with one attached hydrogen (secondary N) is 2. The third-order valence-corrected chi connectivity index (χ3v) is 9.75. The number of halogens is 6. The van der Waals surface area contributed by atoms with Crippen LogP contribution in [-0.4, -0.2) is 60.8 Å². The normalized spacial score (nSPS) is 17.1. The van der Waals surface area contributed by atoms with Gasteiger partial charge in [-0.3, -0.25) is 4.79 Å². The number of carbonyl (C=O) groups is 1. The van der Waals surface area contributed by atoms with Crippen molar-refractivity contribution in [2.45, 2.75) is 43.6 Å². The molecule has 4 heterocycles. The largest absolute Gasteiger partial charge is 0.420 e. The fraction of sp³-hybridized carbons (Fsp3) is 0.400. The lowest BCUT2D eigenvalue weighted by Gasteiger charge is -2.21. The van der Waals surface area contributed by atoms with E-state index in [1.54, 1.807) is 0 Å². The predicted octanol–water partition coefficient (Wildman–Crippen LogP) is 4.97. The second-order valence-electron chi connectivity index (χ2n) is 9.60. The minimum absolute atomic E-state index is 0.201. The quantitative estimate of drug-likeness (QED) is 0.389. The number of fused-ring (bicyclic) bond motifs is 2. The fourth-order valence-electron chi connectivity index (χ4n) is 4.77. The molecule has 2 aliphatic heterocycles. The molecule has 0 saturated carbocycles. The average molecular weight is 620 g/mol. The Morgan fingerprint density at radius 2 is 1.88 bits per heavy atom. The van der Waals surface area contributed by atoms with E-state index in [2.05, 4.69) is 20.6 Å². The number of aryl methyl sites for hydroxylation is 1. The van der Waals surface area contributed by atoms with E-state index in [1.165, 1.54) is 0 Å². The van der Waals surface area contributed by atoms with Gasteiger partial charge in [-0.05, 0) is 48.2 Å². The summed E-state index contributed by atoms with van der Waals surface area (Å²) in [6, 6.07) is 4.76. The summed E-state index contributed by atoms with van der Waals surface area (Å²) in [5, 5.41) is 6.25. The first-order chi connectivity index (χ1) is 19.2. The number of aromatic nitrogens is 2. The molecule has 0 aliphatic carbocycles. The smallest absolute Gasteiger partial charge is 0.328 e. The van der Waals surface area contributed by atoms with Crippen LogP contribution in [-0.2, 0) is 35.4 Å². The molecule has 41 heavy (non-hydrogen) atoms. The van der Waals surface area contributed by atoms with Crippen LogP contribution in [0.1, 0.15) is 38.8 Å². The average Bonchev–Trinajstić information content (AvgIpc) is 3.33. The van der Waals surface area contributed by atoms with Crippen molar-refractivity contribution in [3.05, 3.63) is 51.5 Å². The van der Waals surface area contributed by atoms with Gasteiger partial charge in [0.1, 0.15) is 17.0 Å². The monoisotopic (exact) mass is 619 g/mol. The van der Waals surface area contributed by atoms with Crippen LogP contribution in [0.25, 0.3) is 10.6 Å². The van der Waals surface area contributed by atoms with Gasteiger partial charge in [-0.2, -0.15) is 26.3 Å². The zero-order valence-electron chi connectivity index (χ0n) is 21.4. The number of hydrogen-bond donors (Lipinski definition) is 2. The van der Waals surface area contributed by atoms with E-state index in [0.717, 1.165) is 35.7 Å². The number of nitrogens with zero attached hydrogens (tertiary/aromatic N) is 3. The topological polar surface area (TPSA) is 104 Å². The number of thiophene rings is 1. The molecule has 8 nitrogen and oxygen atoms in total. The maximum absolute atomic E-state index is 14.0. The van der Waals surface area contributed by atoms with Crippen molar-refractivity contribution in [3.8, 4) is 10.6 Å². The summed E-state index contributed by atoms with van der Waals surface area (Å²) in [6.45, 7) is 0.975. The van der Waals surface area contributed by atoms with Gasteiger partial charge in [0.2, 0.25) is 5.95 Å². The third kappa shape index (κ3) is 6.04. The maximum atomic E-state index is 14.0. The van der Waals surface area contributed by atoms with Crippen LogP contribution >= 0.6 is 11.3 Å². The lowest BCUT2D eigenvalue weighted by atomic mass is 9.96.